The summed E-state index contributed by atoms with van der Waals surface area (Å²) in [6, 6.07) is 5.98. The van der Waals surface area contributed by atoms with E-state index in [1.54, 1.807) is 0 Å². The van der Waals surface area contributed by atoms with Gasteiger partial charge < -0.3 is 20.3 Å². The Morgan fingerprint density at radius 2 is 2.00 bits per heavy atom. The summed E-state index contributed by atoms with van der Waals surface area (Å²) in [6.45, 7) is 6.14. The summed E-state index contributed by atoms with van der Waals surface area (Å²) in [5.74, 6) is 0.826. The summed E-state index contributed by atoms with van der Waals surface area (Å²) < 4.78 is 5.58. The average molecular weight is 317 g/mol. The Kier molecular flexibility index (Phi) is 5.18. The first-order valence-electron chi connectivity index (χ1n) is 8.74. The van der Waals surface area contributed by atoms with Crippen molar-refractivity contribution in [3.05, 3.63) is 23.8 Å². The van der Waals surface area contributed by atoms with Crippen molar-refractivity contribution in [2.24, 2.45) is 5.73 Å². The van der Waals surface area contributed by atoms with Crippen molar-refractivity contribution < 1.29 is 9.53 Å². The number of rotatable bonds is 5. The molecular formula is C18H27N3O2. The van der Waals surface area contributed by atoms with E-state index < -0.39 is 0 Å². The van der Waals surface area contributed by atoms with E-state index in [-0.39, 0.29) is 18.6 Å². The molecule has 2 N–H and O–H groups in total. The van der Waals surface area contributed by atoms with E-state index in [0.717, 1.165) is 49.6 Å². The molecule has 1 amide bonds. The number of amides is 1. The summed E-state index contributed by atoms with van der Waals surface area (Å²) >= 11 is 0. The highest BCUT2D eigenvalue weighted by Crippen LogP contribution is 2.34. The predicted octanol–water partition coefficient (Wildman–Crippen LogP) is 2.31. The van der Waals surface area contributed by atoms with Gasteiger partial charge in [0, 0.05) is 19.1 Å². The summed E-state index contributed by atoms with van der Waals surface area (Å²) in [5, 5.41) is 0. The zero-order chi connectivity index (χ0) is 16.2. The van der Waals surface area contributed by atoms with Gasteiger partial charge in [0.25, 0.3) is 5.91 Å². The number of carbonyl (C=O) groups is 1. The maximum absolute atomic E-state index is 12.3. The second-order valence-electron chi connectivity index (χ2n) is 6.48. The van der Waals surface area contributed by atoms with Crippen LogP contribution >= 0.6 is 0 Å². The largest absolute Gasteiger partial charge is 0.482 e. The number of likely N-dealkylation sites (tertiary alicyclic amines) is 1. The van der Waals surface area contributed by atoms with Gasteiger partial charge in [-0.25, -0.2) is 0 Å². The normalized spacial score (nSPS) is 20.1. The molecule has 126 valence electrons. The van der Waals surface area contributed by atoms with E-state index in [4.69, 9.17) is 10.5 Å². The molecule has 5 heteroatoms. The van der Waals surface area contributed by atoms with Gasteiger partial charge in [-0.3, -0.25) is 4.79 Å². The molecule has 1 fully saturated rings. The first-order valence-corrected chi connectivity index (χ1v) is 8.74. The highest BCUT2D eigenvalue weighted by atomic mass is 16.5. The zero-order valence-corrected chi connectivity index (χ0v) is 14.0. The molecule has 3 rings (SSSR count). The summed E-state index contributed by atoms with van der Waals surface area (Å²) in [7, 11) is 0. The smallest absolute Gasteiger partial charge is 0.265 e. The van der Waals surface area contributed by atoms with Gasteiger partial charge in [0.15, 0.2) is 6.61 Å². The Bertz CT molecular complexity index is 555. The van der Waals surface area contributed by atoms with Gasteiger partial charge in [0.1, 0.15) is 5.75 Å². The lowest BCUT2D eigenvalue weighted by molar-refractivity contribution is -0.121. The van der Waals surface area contributed by atoms with Gasteiger partial charge in [0.2, 0.25) is 0 Å². The lowest BCUT2D eigenvalue weighted by Gasteiger charge is -2.33. The van der Waals surface area contributed by atoms with Gasteiger partial charge in [0.05, 0.1) is 5.69 Å². The standard InChI is InChI=1S/C18H27N3O2/c1-2-15(19)14-6-7-17-16(12-14)21(18(22)13-23-17)11-10-20-8-4-3-5-9-20/h6-7,12,15H,2-5,8-11,13,19H2,1H3. The molecule has 0 bridgehead atoms. The highest BCUT2D eigenvalue weighted by Gasteiger charge is 2.26. The minimum atomic E-state index is 0.00118. The van der Waals surface area contributed by atoms with E-state index in [1.165, 1.54) is 19.3 Å². The maximum Gasteiger partial charge on any atom is 0.265 e. The summed E-state index contributed by atoms with van der Waals surface area (Å²) in [4.78, 5) is 16.7. The fourth-order valence-corrected chi connectivity index (χ4v) is 3.36. The fraction of sp³-hybridized carbons (Fsp3) is 0.611. The van der Waals surface area contributed by atoms with Crippen molar-refractivity contribution in [2.45, 2.75) is 38.6 Å². The molecule has 1 atom stereocenters. The number of benzene rings is 1. The lowest BCUT2D eigenvalue weighted by Crippen LogP contribution is -2.44. The molecule has 0 radical (unpaired) electrons. The second-order valence-corrected chi connectivity index (χ2v) is 6.48. The maximum atomic E-state index is 12.3. The van der Waals surface area contributed by atoms with Crippen LogP contribution in [0.5, 0.6) is 5.75 Å². The van der Waals surface area contributed by atoms with Crippen LogP contribution in [0.2, 0.25) is 0 Å². The SMILES string of the molecule is CCC(N)c1ccc2c(c1)N(CCN1CCCCC1)C(=O)CO2. The Hall–Kier alpha value is -1.59. The summed E-state index contributed by atoms with van der Waals surface area (Å²) in [6.07, 6.45) is 4.74. The Balaban J connectivity index is 1.76. The third kappa shape index (κ3) is 3.67. The van der Waals surface area contributed by atoms with Crippen LogP contribution < -0.4 is 15.4 Å². The van der Waals surface area contributed by atoms with E-state index in [9.17, 15) is 4.79 Å². The van der Waals surface area contributed by atoms with Crippen molar-refractivity contribution >= 4 is 11.6 Å². The predicted molar refractivity (Wildman–Crippen MR) is 91.8 cm³/mol. The Labute approximate surface area is 138 Å². The molecule has 5 nitrogen and oxygen atoms in total. The number of nitrogens with two attached hydrogens (primary N) is 1. The number of nitrogens with zero attached hydrogens (tertiary/aromatic N) is 2. The zero-order valence-electron chi connectivity index (χ0n) is 14.0. The van der Waals surface area contributed by atoms with Gasteiger partial charge >= 0.3 is 0 Å². The van der Waals surface area contributed by atoms with Crippen LogP contribution in [0.25, 0.3) is 0 Å². The molecule has 2 aliphatic heterocycles. The number of anilines is 1. The van der Waals surface area contributed by atoms with E-state index in [1.807, 2.05) is 23.1 Å². The third-order valence-electron chi connectivity index (χ3n) is 4.88. The topological polar surface area (TPSA) is 58.8 Å². The average Bonchev–Trinajstić information content (AvgIpc) is 2.60. The molecule has 23 heavy (non-hydrogen) atoms. The van der Waals surface area contributed by atoms with Crippen LogP contribution in [0, 0.1) is 0 Å². The number of piperidine rings is 1. The minimum absolute atomic E-state index is 0.00118. The lowest BCUT2D eigenvalue weighted by atomic mass is 10.0. The molecule has 2 aliphatic rings. The first kappa shape index (κ1) is 16.3. The molecule has 0 aliphatic carbocycles. The van der Waals surface area contributed by atoms with Gasteiger partial charge in [-0.15, -0.1) is 0 Å². The van der Waals surface area contributed by atoms with Crippen molar-refractivity contribution in [2.75, 3.05) is 37.7 Å². The number of fused-ring (bicyclic) bond motifs is 1. The molecule has 1 aromatic rings. The molecule has 1 unspecified atom stereocenters. The molecule has 1 saturated heterocycles. The van der Waals surface area contributed by atoms with Gasteiger partial charge in [-0.05, 0) is 50.0 Å². The van der Waals surface area contributed by atoms with Crippen molar-refractivity contribution in [3.8, 4) is 5.75 Å². The monoisotopic (exact) mass is 317 g/mol. The van der Waals surface area contributed by atoms with Gasteiger partial charge in [-0.1, -0.05) is 19.4 Å². The van der Waals surface area contributed by atoms with Crippen molar-refractivity contribution in [3.63, 3.8) is 0 Å². The van der Waals surface area contributed by atoms with Crippen LogP contribution in [-0.4, -0.2) is 43.6 Å². The highest BCUT2D eigenvalue weighted by molar-refractivity contribution is 5.97. The molecule has 0 spiro atoms. The van der Waals surface area contributed by atoms with Crippen LogP contribution in [0.3, 0.4) is 0 Å². The quantitative estimate of drug-likeness (QED) is 0.905. The fourth-order valence-electron chi connectivity index (χ4n) is 3.36. The second kappa shape index (κ2) is 7.32. The molecule has 0 aromatic heterocycles. The van der Waals surface area contributed by atoms with Crippen molar-refractivity contribution in [1.82, 2.24) is 4.90 Å². The molecule has 0 saturated carbocycles. The Morgan fingerprint density at radius 3 is 2.74 bits per heavy atom. The Morgan fingerprint density at radius 1 is 1.22 bits per heavy atom. The molecule has 2 heterocycles. The van der Waals surface area contributed by atoms with E-state index in [0.29, 0.717) is 0 Å². The van der Waals surface area contributed by atoms with E-state index >= 15 is 0 Å². The number of ether oxygens (including phenoxy) is 1. The van der Waals surface area contributed by atoms with Crippen LogP contribution in [0.1, 0.15) is 44.2 Å². The first-order chi connectivity index (χ1) is 11.2. The van der Waals surface area contributed by atoms with Gasteiger partial charge in [-0.2, -0.15) is 0 Å². The number of hydrogen-bond acceptors (Lipinski definition) is 4. The minimum Gasteiger partial charge on any atom is -0.482 e. The van der Waals surface area contributed by atoms with Crippen LogP contribution in [-0.2, 0) is 4.79 Å². The molecular weight excluding hydrogens is 290 g/mol. The van der Waals surface area contributed by atoms with Crippen LogP contribution in [0.15, 0.2) is 18.2 Å². The van der Waals surface area contributed by atoms with Crippen LogP contribution in [0.4, 0.5) is 5.69 Å². The molecule has 1 aromatic carbocycles. The van der Waals surface area contributed by atoms with E-state index in [2.05, 4.69) is 11.8 Å². The third-order valence-corrected chi connectivity index (χ3v) is 4.88. The van der Waals surface area contributed by atoms with Crippen molar-refractivity contribution in [1.29, 1.82) is 0 Å². The number of carbonyl (C=O) groups excluding carboxylic acids is 1. The summed E-state index contributed by atoms with van der Waals surface area (Å²) in [5.41, 5.74) is 8.08. The number of hydrogen-bond donors (Lipinski definition) is 1.